The van der Waals surface area contributed by atoms with Crippen LogP contribution in [0.15, 0.2) is 27.4 Å². The molecule has 2 aliphatic carbocycles. The first-order chi connectivity index (χ1) is 11.5. The van der Waals surface area contributed by atoms with Gasteiger partial charge in [-0.2, -0.15) is 0 Å². The van der Waals surface area contributed by atoms with Crippen LogP contribution in [0, 0.1) is 12.8 Å². The van der Waals surface area contributed by atoms with Crippen LogP contribution >= 0.6 is 0 Å². The first-order valence-electron chi connectivity index (χ1n) is 9.32. The van der Waals surface area contributed by atoms with Crippen LogP contribution in [0.1, 0.15) is 62.1 Å². The van der Waals surface area contributed by atoms with Gasteiger partial charge in [0.15, 0.2) is 0 Å². The highest BCUT2D eigenvalue weighted by atomic mass is 16.4. The van der Waals surface area contributed by atoms with Crippen LogP contribution in [0.25, 0.3) is 11.0 Å². The van der Waals surface area contributed by atoms with Gasteiger partial charge in [-0.15, -0.1) is 0 Å². The Morgan fingerprint density at radius 1 is 1.17 bits per heavy atom. The molecular weight excluding hydrogens is 298 g/mol. The SMILES string of the molecule is Cc1cc2oc(=O)cc(CN(CC3CC3)C3CC3)c2cc1C(C)C. The Morgan fingerprint density at radius 2 is 1.92 bits per heavy atom. The van der Waals surface area contributed by atoms with Crippen molar-refractivity contribution in [2.45, 2.75) is 65.0 Å². The van der Waals surface area contributed by atoms with E-state index in [1.54, 1.807) is 6.07 Å². The van der Waals surface area contributed by atoms with Gasteiger partial charge in [-0.1, -0.05) is 13.8 Å². The molecule has 2 aliphatic rings. The van der Waals surface area contributed by atoms with Crippen LogP contribution in [-0.4, -0.2) is 17.5 Å². The maximum absolute atomic E-state index is 12.1. The molecule has 4 rings (SSSR count). The van der Waals surface area contributed by atoms with E-state index in [4.69, 9.17) is 4.42 Å². The van der Waals surface area contributed by atoms with Crippen LogP contribution in [0.5, 0.6) is 0 Å². The number of hydrogen-bond donors (Lipinski definition) is 0. The first kappa shape index (κ1) is 15.9. The molecule has 0 saturated heterocycles. The minimum Gasteiger partial charge on any atom is -0.423 e. The Labute approximate surface area is 143 Å². The summed E-state index contributed by atoms with van der Waals surface area (Å²) in [6.07, 6.45) is 5.36. The van der Waals surface area contributed by atoms with Gasteiger partial charge >= 0.3 is 5.63 Å². The summed E-state index contributed by atoms with van der Waals surface area (Å²) in [6.45, 7) is 8.61. The second-order valence-corrected chi connectivity index (χ2v) is 8.05. The quantitative estimate of drug-likeness (QED) is 0.728. The van der Waals surface area contributed by atoms with E-state index in [0.29, 0.717) is 5.92 Å². The van der Waals surface area contributed by atoms with Gasteiger partial charge in [-0.05, 0) is 73.3 Å². The van der Waals surface area contributed by atoms with Gasteiger partial charge in [0, 0.05) is 30.6 Å². The summed E-state index contributed by atoms with van der Waals surface area (Å²) < 4.78 is 5.49. The van der Waals surface area contributed by atoms with Crippen LogP contribution in [0.3, 0.4) is 0 Å². The monoisotopic (exact) mass is 325 g/mol. The van der Waals surface area contributed by atoms with Crippen molar-refractivity contribution in [3.05, 3.63) is 45.3 Å². The number of fused-ring (bicyclic) bond motifs is 1. The van der Waals surface area contributed by atoms with Crippen molar-refractivity contribution in [1.29, 1.82) is 0 Å². The zero-order valence-corrected chi connectivity index (χ0v) is 15.0. The molecule has 3 heteroatoms. The van der Waals surface area contributed by atoms with E-state index in [9.17, 15) is 4.79 Å². The molecule has 1 aromatic carbocycles. The van der Waals surface area contributed by atoms with Gasteiger partial charge < -0.3 is 4.42 Å². The van der Waals surface area contributed by atoms with Crippen molar-refractivity contribution < 1.29 is 4.42 Å². The highest BCUT2D eigenvalue weighted by Crippen LogP contribution is 2.36. The number of hydrogen-bond acceptors (Lipinski definition) is 3. The van der Waals surface area contributed by atoms with E-state index < -0.39 is 0 Å². The van der Waals surface area contributed by atoms with Crippen molar-refractivity contribution in [3.63, 3.8) is 0 Å². The lowest BCUT2D eigenvalue weighted by atomic mass is 9.95. The van der Waals surface area contributed by atoms with Crippen molar-refractivity contribution in [2.24, 2.45) is 5.92 Å². The average Bonchev–Trinajstić information content (AvgIpc) is 3.38. The molecule has 2 saturated carbocycles. The van der Waals surface area contributed by atoms with Gasteiger partial charge in [-0.25, -0.2) is 4.79 Å². The summed E-state index contributed by atoms with van der Waals surface area (Å²) in [4.78, 5) is 14.6. The summed E-state index contributed by atoms with van der Waals surface area (Å²) in [7, 11) is 0. The third kappa shape index (κ3) is 3.27. The fraction of sp³-hybridized carbons (Fsp3) is 0.571. The molecule has 0 aliphatic heterocycles. The van der Waals surface area contributed by atoms with E-state index >= 15 is 0 Å². The smallest absolute Gasteiger partial charge is 0.336 e. The third-order valence-electron chi connectivity index (χ3n) is 5.47. The van der Waals surface area contributed by atoms with Gasteiger partial charge in [0.2, 0.25) is 0 Å². The molecule has 0 bridgehead atoms. The molecule has 0 spiro atoms. The lowest BCUT2D eigenvalue weighted by molar-refractivity contribution is 0.244. The Bertz CT molecular complexity index is 812. The Morgan fingerprint density at radius 3 is 2.54 bits per heavy atom. The second-order valence-electron chi connectivity index (χ2n) is 8.05. The zero-order chi connectivity index (χ0) is 16.8. The maximum Gasteiger partial charge on any atom is 0.336 e. The van der Waals surface area contributed by atoms with E-state index in [2.05, 4.69) is 31.7 Å². The number of aryl methyl sites for hydroxylation is 1. The second kappa shape index (κ2) is 6.03. The van der Waals surface area contributed by atoms with Crippen molar-refractivity contribution >= 4 is 11.0 Å². The Kier molecular flexibility index (Phi) is 4.00. The van der Waals surface area contributed by atoms with Gasteiger partial charge in [0.1, 0.15) is 5.58 Å². The van der Waals surface area contributed by atoms with E-state index in [1.165, 1.54) is 43.4 Å². The molecule has 1 aromatic heterocycles. The molecule has 0 unspecified atom stereocenters. The lowest BCUT2D eigenvalue weighted by Crippen LogP contribution is -2.28. The fourth-order valence-corrected chi connectivity index (χ4v) is 3.78. The topological polar surface area (TPSA) is 33.5 Å². The summed E-state index contributed by atoms with van der Waals surface area (Å²) >= 11 is 0. The van der Waals surface area contributed by atoms with E-state index in [-0.39, 0.29) is 5.63 Å². The molecule has 2 aromatic rings. The lowest BCUT2D eigenvalue weighted by Gasteiger charge is -2.23. The predicted octanol–water partition coefficient (Wildman–Crippen LogP) is 4.60. The summed E-state index contributed by atoms with van der Waals surface area (Å²) in [5.41, 5.74) is 4.20. The normalized spacial score (nSPS) is 18.0. The molecule has 0 atom stereocenters. The van der Waals surface area contributed by atoms with Crippen molar-refractivity contribution in [1.82, 2.24) is 4.90 Å². The minimum atomic E-state index is -0.226. The van der Waals surface area contributed by atoms with E-state index in [1.807, 2.05) is 6.07 Å². The highest BCUT2D eigenvalue weighted by molar-refractivity contribution is 5.82. The first-order valence-corrected chi connectivity index (χ1v) is 9.32. The zero-order valence-electron chi connectivity index (χ0n) is 15.0. The molecule has 0 N–H and O–H groups in total. The summed E-state index contributed by atoms with van der Waals surface area (Å²) in [6, 6.07) is 6.72. The molecule has 1 heterocycles. The predicted molar refractivity (Wildman–Crippen MR) is 97.5 cm³/mol. The van der Waals surface area contributed by atoms with Gasteiger partial charge in [0.05, 0.1) is 0 Å². The minimum absolute atomic E-state index is 0.226. The van der Waals surface area contributed by atoms with Crippen LogP contribution < -0.4 is 5.63 Å². The fourth-order valence-electron chi connectivity index (χ4n) is 3.78. The van der Waals surface area contributed by atoms with Crippen molar-refractivity contribution in [3.8, 4) is 0 Å². The Balaban J connectivity index is 1.74. The Hall–Kier alpha value is -1.61. The van der Waals surface area contributed by atoms with Crippen LogP contribution in [-0.2, 0) is 6.54 Å². The summed E-state index contributed by atoms with van der Waals surface area (Å²) in [5.74, 6) is 1.35. The largest absolute Gasteiger partial charge is 0.423 e. The third-order valence-corrected chi connectivity index (χ3v) is 5.47. The standard InChI is InChI=1S/C21H27NO2/c1-13(2)18-10-19-16(9-21(23)24-20(19)8-14(18)3)12-22(17-6-7-17)11-15-4-5-15/h8-10,13,15,17H,4-7,11-12H2,1-3H3. The number of rotatable bonds is 6. The molecule has 2 fully saturated rings. The molecule has 24 heavy (non-hydrogen) atoms. The summed E-state index contributed by atoms with van der Waals surface area (Å²) in [5, 5.41) is 1.12. The molecular formula is C21H27NO2. The molecule has 3 nitrogen and oxygen atoms in total. The molecule has 128 valence electrons. The van der Waals surface area contributed by atoms with Crippen LogP contribution in [0.4, 0.5) is 0 Å². The van der Waals surface area contributed by atoms with E-state index in [0.717, 1.165) is 35.0 Å². The molecule has 0 radical (unpaired) electrons. The maximum atomic E-state index is 12.1. The van der Waals surface area contributed by atoms with Crippen molar-refractivity contribution in [2.75, 3.05) is 6.54 Å². The van der Waals surface area contributed by atoms with Gasteiger partial charge in [-0.3, -0.25) is 4.90 Å². The molecule has 0 amide bonds. The van der Waals surface area contributed by atoms with Crippen LogP contribution in [0.2, 0.25) is 0 Å². The van der Waals surface area contributed by atoms with Gasteiger partial charge in [0.25, 0.3) is 0 Å². The number of benzene rings is 1. The highest BCUT2D eigenvalue weighted by Gasteiger charge is 2.33. The number of nitrogens with zero attached hydrogens (tertiary/aromatic N) is 1. The average molecular weight is 325 g/mol.